The quantitative estimate of drug-likeness (QED) is 0.707. The monoisotopic (exact) mass is 338 g/mol. The van der Waals surface area contributed by atoms with Crippen LogP contribution in [-0.4, -0.2) is 16.9 Å². The van der Waals surface area contributed by atoms with Gasteiger partial charge in [0.2, 0.25) is 0 Å². The number of benzene rings is 1. The largest absolute Gasteiger partial charge is 0.481 e. The summed E-state index contributed by atoms with van der Waals surface area (Å²) in [4.78, 5) is 24.3. The van der Waals surface area contributed by atoms with E-state index < -0.39 is 5.97 Å². The molecule has 1 aromatic rings. The van der Waals surface area contributed by atoms with Crippen LogP contribution in [0.3, 0.4) is 0 Å². The van der Waals surface area contributed by atoms with Gasteiger partial charge in [0, 0.05) is 16.1 Å². The first kappa shape index (κ1) is 16.2. The molecule has 120 valence electrons. The molecular formula is C20H15ClO3. The van der Waals surface area contributed by atoms with Crippen LogP contribution in [0.4, 0.5) is 0 Å². The molecule has 1 N–H and O–H groups in total. The summed E-state index contributed by atoms with van der Waals surface area (Å²) in [6, 6.07) is 16.0. The third kappa shape index (κ3) is 2.91. The summed E-state index contributed by atoms with van der Waals surface area (Å²) in [5.41, 5.74) is 3.98. The van der Waals surface area contributed by atoms with Gasteiger partial charge in [-0.3, -0.25) is 9.59 Å². The SMILES string of the molecule is Cc1c(CC(=O)O)c2cccccc-2c1C(=O)c1cccc(Cl)c1. The summed E-state index contributed by atoms with van der Waals surface area (Å²) >= 11 is 6.00. The van der Waals surface area contributed by atoms with Crippen LogP contribution in [0.2, 0.25) is 5.02 Å². The molecule has 24 heavy (non-hydrogen) atoms. The highest BCUT2D eigenvalue weighted by Gasteiger charge is 2.26. The maximum Gasteiger partial charge on any atom is 0.307 e. The van der Waals surface area contributed by atoms with Crippen LogP contribution < -0.4 is 0 Å². The predicted octanol–water partition coefficient (Wildman–Crippen LogP) is 4.61. The number of rotatable bonds is 4. The van der Waals surface area contributed by atoms with Crippen molar-refractivity contribution in [1.82, 2.24) is 0 Å². The minimum absolute atomic E-state index is 0.116. The van der Waals surface area contributed by atoms with Gasteiger partial charge in [-0.05, 0) is 41.3 Å². The zero-order valence-electron chi connectivity index (χ0n) is 13.0. The Labute approximate surface area is 144 Å². The number of carbonyl (C=O) groups is 2. The Bertz CT molecular complexity index is 915. The molecular weight excluding hydrogens is 324 g/mol. The number of carbonyl (C=O) groups excluding carboxylic acids is 1. The number of halogens is 1. The van der Waals surface area contributed by atoms with Gasteiger partial charge in [-0.2, -0.15) is 0 Å². The normalized spacial score (nSPS) is 10.8. The predicted molar refractivity (Wildman–Crippen MR) is 94.0 cm³/mol. The van der Waals surface area contributed by atoms with E-state index in [9.17, 15) is 14.7 Å². The summed E-state index contributed by atoms with van der Waals surface area (Å²) in [7, 11) is 0. The minimum atomic E-state index is -0.918. The van der Waals surface area contributed by atoms with Crippen molar-refractivity contribution in [3.05, 3.63) is 81.9 Å². The molecule has 4 heteroatoms. The topological polar surface area (TPSA) is 54.4 Å². The Kier molecular flexibility index (Phi) is 4.36. The smallest absolute Gasteiger partial charge is 0.307 e. The van der Waals surface area contributed by atoms with Crippen LogP contribution in [0.15, 0.2) is 54.6 Å². The molecule has 3 nitrogen and oxygen atoms in total. The van der Waals surface area contributed by atoms with E-state index in [4.69, 9.17) is 11.6 Å². The van der Waals surface area contributed by atoms with E-state index in [0.29, 0.717) is 27.3 Å². The summed E-state index contributed by atoms with van der Waals surface area (Å²) in [6.45, 7) is 1.80. The number of fused-ring (bicyclic) bond motifs is 1. The second-order valence-corrected chi connectivity index (χ2v) is 6.06. The van der Waals surface area contributed by atoms with Crippen LogP contribution in [0, 0.1) is 6.92 Å². The molecule has 0 saturated carbocycles. The van der Waals surface area contributed by atoms with Crippen LogP contribution in [0.1, 0.15) is 27.0 Å². The molecule has 0 heterocycles. The van der Waals surface area contributed by atoms with Gasteiger partial charge in [0.25, 0.3) is 0 Å². The van der Waals surface area contributed by atoms with Gasteiger partial charge in [0.1, 0.15) is 0 Å². The molecule has 0 aliphatic heterocycles. The molecule has 0 spiro atoms. The lowest BCUT2D eigenvalue weighted by atomic mass is 9.99. The van der Waals surface area contributed by atoms with Crippen molar-refractivity contribution in [1.29, 1.82) is 0 Å². The third-order valence-electron chi connectivity index (χ3n) is 4.10. The van der Waals surface area contributed by atoms with Gasteiger partial charge in [-0.25, -0.2) is 0 Å². The molecule has 3 rings (SSSR count). The van der Waals surface area contributed by atoms with Crippen molar-refractivity contribution in [3.63, 3.8) is 0 Å². The average Bonchev–Trinajstić information content (AvgIpc) is 2.70. The molecule has 0 saturated heterocycles. The second kappa shape index (κ2) is 6.46. The Morgan fingerprint density at radius 2 is 1.71 bits per heavy atom. The van der Waals surface area contributed by atoms with Gasteiger partial charge in [-0.1, -0.05) is 54.1 Å². The van der Waals surface area contributed by atoms with Crippen LogP contribution in [-0.2, 0) is 11.2 Å². The van der Waals surface area contributed by atoms with Gasteiger partial charge in [0.05, 0.1) is 6.42 Å². The maximum absolute atomic E-state index is 13.0. The summed E-state index contributed by atoms with van der Waals surface area (Å²) < 4.78 is 0. The van der Waals surface area contributed by atoms with Crippen molar-refractivity contribution < 1.29 is 14.7 Å². The Morgan fingerprint density at radius 3 is 2.38 bits per heavy atom. The lowest BCUT2D eigenvalue weighted by Gasteiger charge is -2.04. The average molecular weight is 339 g/mol. The van der Waals surface area contributed by atoms with E-state index in [1.54, 1.807) is 31.2 Å². The Morgan fingerprint density at radius 1 is 1.00 bits per heavy atom. The number of ketones is 1. The highest BCUT2D eigenvalue weighted by atomic mass is 35.5. The summed E-state index contributed by atoms with van der Waals surface area (Å²) in [5.74, 6) is -1.07. The van der Waals surface area contributed by atoms with Gasteiger partial charge >= 0.3 is 5.97 Å². The van der Waals surface area contributed by atoms with Crippen LogP contribution >= 0.6 is 11.6 Å². The molecule has 0 amide bonds. The van der Waals surface area contributed by atoms with E-state index >= 15 is 0 Å². The lowest BCUT2D eigenvalue weighted by molar-refractivity contribution is -0.136. The zero-order chi connectivity index (χ0) is 17.3. The summed E-state index contributed by atoms with van der Waals surface area (Å²) in [6.07, 6.45) is -0.116. The van der Waals surface area contributed by atoms with Crippen LogP contribution in [0.25, 0.3) is 11.1 Å². The highest BCUT2D eigenvalue weighted by Crippen LogP contribution is 2.37. The van der Waals surface area contributed by atoms with Crippen LogP contribution in [0.5, 0.6) is 0 Å². The van der Waals surface area contributed by atoms with Crippen molar-refractivity contribution in [3.8, 4) is 11.1 Å². The Balaban J connectivity index is 2.23. The highest BCUT2D eigenvalue weighted by molar-refractivity contribution is 6.31. The van der Waals surface area contributed by atoms with E-state index in [0.717, 1.165) is 11.1 Å². The Hall–Kier alpha value is -2.65. The molecule has 0 unspecified atom stereocenters. The van der Waals surface area contributed by atoms with Crippen molar-refractivity contribution >= 4 is 23.4 Å². The second-order valence-electron chi connectivity index (χ2n) is 5.63. The fourth-order valence-corrected chi connectivity index (χ4v) is 3.22. The van der Waals surface area contributed by atoms with E-state index in [1.807, 2.05) is 30.3 Å². The van der Waals surface area contributed by atoms with Gasteiger partial charge in [0.15, 0.2) is 5.78 Å². The van der Waals surface area contributed by atoms with E-state index in [2.05, 4.69) is 0 Å². The minimum Gasteiger partial charge on any atom is -0.481 e. The number of carboxylic acids is 1. The van der Waals surface area contributed by atoms with Crippen molar-refractivity contribution in [2.75, 3.05) is 0 Å². The van der Waals surface area contributed by atoms with E-state index in [1.165, 1.54) is 0 Å². The first-order chi connectivity index (χ1) is 11.5. The first-order valence-corrected chi connectivity index (χ1v) is 7.89. The van der Waals surface area contributed by atoms with Gasteiger partial charge in [-0.15, -0.1) is 0 Å². The van der Waals surface area contributed by atoms with Crippen molar-refractivity contribution in [2.45, 2.75) is 13.3 Å². The fraction of sp³-hybridized carbons (Fsp3) is 0.100. The standard InChI is InChI=1S/C20H15ClO3/c1-12-17(11-18(22)23)15-8-3-2-4-9-16(15)19(12)20(24)13-6-5-7-14(21)10-13/h2-10H,11H2,1H3,(H,22,23). The molecule has 2 aliphatic carbocycles. The first-order valence-electron chi connectivity index (χ1n) is 7.51. The molecule has 0 aromatic heterocycles. The van der Waals surface area contributed by atoms with Gasteiger partial charge < -0.3 is 5.11 Å². The summed E-state index contributed by atoms with van der Waals surface area (Å²) in [5, 5.41) is 9.70. The van der Waals surface area contributed by atoms with E-state index in [-0.39, 0.29) is 12.2 Å². The number of carboxylic acid groups (broad SMARTS) is 1. The number of aliphatic carboxylic acids is 1. The lowest BCUT2D eigenvalue weighted by Crippen LogP contribution is -2.04. The molecule has 1 aromatic carbocycles. The third-order valence-corrected chi connectivity index (χ3v) is 4.34. The molecule has 0 radical (unpaired) electrons. The molecule has 0 bridgehead atoms. The molecule has 0 fully saturated rings. The number of hydrogen-bond donors (Lipinski definition) is 1. The number of hydrogen-bond acceptors (Lipinski definition) is 2. The molecule has 2 aliphatic rings. The fourth-order valence-electron chi connectivity index (χ4n) is 3.03. The zero-order valence-corrected chi connectivity index (χ0v) is 13.8. The molecule has 0 atom stereocenters. The van der Waals surface area contributed by atoms with Crippen molar-refractivity contribution in [2.24, 2.45) is 0 Å². The maximum atomic E-state index is 13.0.